The summed E-state index contributed by atoms with van der Waals surface area (Å²) in [6.07, 6.45) is 11.8. The molecule has 0 saturated carbocycles. The Labute approximate surface area is 99.3 Å². The van der Waals surface area contributed by atoms with Crippen LogP contribution in [-0.4, -0.2) is 17.8 Å². The first-order valence-corrected chi connectivity index (χ1v) is 5.26. The van der Waals surface area contributed by atoms with Crippen LogP contribution in [-0.2, 0) is 9.59 Å². The number of rotatable bonds is 0. The molecule has 1 aliphatic rings. The minimum atomic E-state index is -0.140. The maximum atomic E-state index is 11.3. The van der Waals surface area contributed by atoms with E-state index in [4.69, 9.17) is 0 Å². The lowest BCUT2D eigenvalue weighted by Crippen LogP contribution is -1.95. The molecule has 0 N–H and O–H groups in total. The Morgan fingerprint density at radius 2 is 1.88 bits per heavy atom. The second kappa shape index (κ2) is 8.04. The van der Waals surface area contributed by atoms with E-state index in [0.717, 1.165) is 0 Å². The van der Waals surface area contributed by atoms with Crippen LogP contribution in [0.2, 0.25) is 0 Å². The number of allylic oxidation sites excluding steroid dienone is 5. The van der Waals surface area contributed by atoms with Crippen LogP contribution in [0, 0.1) is 0 Å². The van der Waals surface area contributed by atoms with Crippen molar-refractivity contribution in [3.8, 4) is 0 Å². The molecule has 0 unspecified atom stereocenters. The molecule has 0 bridgehead atoms. The molecular formula is C12H13N3O2. The van der Waals surface area contributed by atoms with Crippen molar-refractivity contribution >= 4 is 17.8 Å². The SMILES string of the molecule is O=C1/C=C\C(=O)CC\C=C/C=N\N=N/C=C\C1. The number of ketones is 2. The van der Waals surface area contributed by atoms with Gasteiger partial charge >= 0.3 is 0 Å². The number of hydrogen-bond acceptors (Lipinski definition) is 5. The molecule has 5 nitrogen and oxygen atoms in total. The Balaban J connectivity index is 2.67. The Hall–Kier alpha value is -2.17. The lowest BCUT2D eigenvalue weighted by Gasteiger charge is -1.90. The van der Waals surface area contributed by atoms with Crippen LogP contribution >= 0.6 is 0 Å². The predicted molar refractivity (Wildman–Crippen MR) is 64.6 cm³/mol. The minimum absolute atomic E-state index is 0.0619. The Bertz CT molecular complexity index is 417. The van der Waals surface area contributed by atoms with Gasteiger partial charge < -0.3 is 0 Å². The van der Waals surface area contributed by atoms with Crippen LogP contribution in [0.25, 0.3) is 0 Å². The fourth-order valence-corrected chi connectivity index (χ4v) is 1.06. The highest BCUT2D eigenvalue weighted by atomic mass is 16.1. The van der Waals surface area contributed by atoms with Gasteiger partial charge in [-0.3, -0.25) is 9.59 Å². The van der Waals surface area contributed by atoms with Crippen LogP contribution in [0.3, 0.4) is 0 Å². The molecule has 1 rings (SSSR count). The first-order chi connectivity index (χ1) is 8.29. The van der Waals surface area contributed by atoms with Gasteiger partial charge in [-0.05, 0) is 29.9 Å². The molecule has 0 aliphatic carbocycles. The summed E-state index contributed by atoms with van der Waals surface area (Å²) < 4.78 is 0. The summed E-state index contributed by atoms with van der Waals surface area (Å²) in [5, 5.41) is 10.7. The Kier molecular flexibility index (Phi) is 6.10. The molecule has 0 spiro atoms. The summed E-state index contributed by atoms with van der Waals surface area (Å²) in [6, 6.07) is 0. The third-order valence-corrected chi connectivity index (χ3v) is 1.90. The van der Waals surface area contributed by atoms with Crippen molar-refractivity contribution in [3.05, 3.63) is 36.6 Å². The number of carbonyl (C=O) groups is 2. The van der Waals surface area contributed by atoms with E-state index < -0.39 is 0 Å². The van der Waals surface area contributed by atoms with E-state index in [0.29, 0.717) is 12.8 Å². The minimum Gasteiger partial charge on any atom is -0.295 e. The van der Waals surface area contributed by atoms with E-state index in [1.807, 2.05) is 6.08 Å². The molecule has 0 radical (unpaired) electrons. The Morgan fingerprint density at radius 1 is 1.06 bits per heavy atom. The van der Waals surface area contributed by atoms with Crippen LogP contribution in [0.5, 0.6) is 0 Å². The van der Waals surface area contributed by atoms with E-state index in [1.54, 1.807) is 12.2 Å². The highest BCUT2D eigenvalue weighted by Crippen LogP contribution is 1.96. The highest BCUT2D eigenvalue weighted by molar-refractivity contribution is 5.99. The second-order valence-corrected chi connectivity index (χ2v) is 3.29. The smallest absolute Gasteiger partial charge is 0.159 e. The molecule has 0 amide bonds. The van der Waals surface area contributed by atoms with Crippen LogP contribution in [0.4, 0.5) is 0 Å². The number of hydrogen-bond donors (Lipinski definition) is 0. The van der Waals surface area contributed by atoms with E-state index in [2.05, 4.69) is 15.4 Å². The van der Waals surface area contributed by atoms with Gasteiger partial charge in [0.15, 0.2) is 11.6 Å². The molecule has 0 atom stereocenters. The lowest BCUT2D eigenvalue weighted by molar-refractivity contribution is -0.116. The number of carbonyl (C=O) groups excluding carboxylic acids is 2. The fraction of sp³-hybridized carbons (Fsp3) is 0.250. The van der Waals surface area contributed by atoms with Gasteiger partial charge in [-0.2, -0.15) is 0 Å². The Morgan fingerprint density at radius 3 is 2.76 bits per heavy atom. The standard InChI is InChI=1S/C12H13N3O2/c16-11-5-2-1-3-9-13-15-14-10-4-6-12(17)8-7-11/h1,3-4,7-10H,2,5-6H2/b3-1-,8-7-,10-4-,13-9-,15-14-. The number of nitrogens with zero attached hydrogens (tertiary/aromatic N) is 3. The van der Waals surface area contributed by atoms with Crippen LogP contribution < -0.4 is 0 Å². The quantitative estimate of drug-likeness (QED) is 0.642. The summed E-state index contributed by atoms with van der Waals surface area (Å²) >= 11 is 0. The van der Waals surface area contributed by atoms with Crippen LogP contribution in [0.1, 0.15) is 19.3 Å². The molecular weight excluding hydrogens is 218 g/mol. The summed E-state index contributed by atoms with van der Waals surface area (Å²) in [6.45, 7) is 0. The first-order valence-electron chi connectivity index (χ1n) is 5.26. The zero-order valence-corrected chi connectivity index (χ0v) is 9.32. The van der Waals surface area contributed by atoms with E-state index in [1.165, 1.54) is 24.6 Å². The van der Waals surface area contributed by atoms with Crippen molar-refractivity contribution < 1.29 is 9.59 Å². The molecule has 1 aliphatic heterocycles. The average Bonchev–Trinajstić information content (AvgIpc) is 2.33. The molecule has 5 heteroatoms. The third-order valence-electron chi connectivity index (χ3n) is 1.90. The molecule has 0 aromatic rings. The summed E-state index contributed by atoms with van der Waals surface area (Å²) in [5.41, 5.74) is 0. The molecule has 88 valence electrons. The van der Waals surface area contributed by atoms with Gasteiger partial charge in [0.05, 0.1) is 6.21 Å². The van der Waals surface area contributed by atoms with Crippen molar-refractivity contribution in [3.63, 3.8) is 0 Å². The van der Waals surface area contributed by atoms with Gasteiger partial charge in [0.1, 0.15) is 0 Å². The zero-order valence-electron chi connectivity index (χ0n) is 9.32. The first kappa shape index (κ1) is 12.9. The average molecular weight is 231 g/mol. The normalized spacial score (nSPS) is 27.5. The van der Waals surface area contributed by atoms with Crippen molar-refractivity contribution in [2.45, 2.75) is 19.3 Å². The lowest BCUT2D eigenvalue weighted by atomic mass is 10.1. The van der Waals surface area contributed by atoms with Crippen molar-refractivity contribution in [1.82, 2.24) is 0 Å². The van der Waals surface area contributed by atoms with Gasteiger partial charge in [0, 0.05) is 19.0 Å². The molecule has 0 fully saturated rings. The van der Waals surface area contributed by atoms with Crippen molar-refractivity contribution in [2.75, 3.05) is 0 Å². The summed E-state index contributed by atoms with van der Waals surface area (Å²) in [4.78, 5) is 22.6. The zero-order chi connectivity index (χ0) is 12.3. The van der Waals surface area contributed by atoms with Gasteiger partial charge in [0.2, 0.25) is 0 Å². The monoisotopic (exact) mass is 231 g/mol. The largest absolute Gasteiger partial charge is 0.295 e. The summed E-state index contributed by atoms with van der Waals surface area (Å²) in [7, 11) is 0. The van der Waals surface area contributed by atoms with Crippen molar-refractivity contribution in [1.29, 1.82) is 0 Å². The third kappa shape index (κ3) is 6.83. The summed E-state index contributed by atoms with van der Waals surface area (Å²) in [5.74, 6) is -0.202. The van der Waals surface area contributed by atoms with Gasteiger partial charge in [-0.1, -0.05) is 12.2 Å². The van der Waals surface area contributed by atoms with Crippen LogP contribution in [0.15, 0.2) is 52.0 Å². The molecule has 1 heterocycles. The molecule has 17 heavy (non-hydrogen) atoms. The van der Waals surface area contributed by atoms with Gasteiger partial charge in [0.25, 0.3) is 0 Å². The van der Waals surface area contributed by atoms with E-state index in [-0.39, 0.29) is 18.0 Å². The predicted octanol–water partition coefficient (Wildman–Crippen LogP) is 2.37. The molecule has 0 saturated heterocycles. The van der Waals surface area contributed by atoms with E-state index in [9.17, 15) is 9.59 Å². The van der Waals surface area contributed by atoms with E-state index >= 15 is 0 Å². The van der Waals surface area contributed by atoms with Gasteiger partial charge in [-0.15, -0.1) is 10.2 Å². The topological polar surface area (TPSA) is 71.2 Å². The second-order valence-electron chi connectivity index (χ2n) is 3.29. The van der Waals surface area contributed by atoms with Gasteiger partial charge in [-0.25, -0.2) is 0 Å². The molecule has 0 aromatic carbocycles. The molecule has 0 aromatic heterocycles. The fourth-order valence-electron chi connectivity index (χ4n) is 1.06. The maximum absolute atomic E-state index is 11.3. The van der Waals surface area contributed by atoms with Crippen molar-refractivity contribution in [2.24, 2.45) is 15.4 Å². The highest BCUT2D eigenvalue weighted by Gasteiger charge is 1.97. The maximum Gasteiger partial charge on any atom is 0.159 e.